The zero-order chi connectivity index (χ0) is 3.58. The number of hydrogen-bond acceptors (Lipinski definition) is 0. The van der Waals surface area contributed by atoms with E-state index in [1.165, 1.54) is 0 Å². The maximum absolute atomic E-state index is 2.54. The monoisotopic (exact) mass is 606 g/mol. The van der Waals surface area contributed by atoms with Crippen molar-refractivity contribution >= 4 is 63.1 Å². The molecular formula is CH5I3Pb. The molecule has 0 bridgehead atoms. The van der Waals surface area contributed by atoms with Gasteiger partial charge in [-0.15, -0.1) is 0 Å². The fourth-order valence-corrected chi connectivity index (χ4v) is 0. The van der Waals surface area contributed by atoms with Gasteiger partial charge in [0.1, 0.15) is 0 Å². The summed E-state index contributed by atoms with van der Waals surface area (Å²) < 4.78 is 0. The summed E-state index contributed by atoms with van der Waals surface area (Å²) in [5, 5.41) is 0. The molecule has 0 heterocycles. The molecule has 0 radical (unpaired) electrons. The molecule has 0 aromatic heterocycles. The van der Waals surface area contributed by atoms with Crippen LogP contribution < -0.4 is 0 Å². The molecule has 0 aromatic carbocycles. The summed E-state index contributed by atoms with van der Waals surface area (Å²) in [6, 6.07) is 0. The zero-order valence-corrected chi connectivity index (χ0v) is 12.7. The van der Waals surface area contributed by atoms with Crippen molar-refractivity contribution in [3.05, 3.63) is 0 Å². The van der Waals surface area contributed by atoms with Gasteiger partial charge in [0, 0.05) is 0 Å². The summed E-state index contributed by atoms with van der Waals surface area (Å²) in [7, 11) is -0.812. The summed E-state index contributed by atoms with van der Waals surface area (Å²) in [5.74, 6) is 0. The minimum atomic E-state index is -0.812. The van der Waals surface area contributed by atoms with Gasteiger partial charge >= 0.3 is 63.1 Å². The molecule has 0 unspecified atom stereocenters. The standard InChI is InChI=1S/CH4.3HI.Pb.H/h1H4;3*1H;;/q;;;;+3;/p-3. The van der Waals surface area contributed by atoms with E-state index in [0.717, 1.165) is 0 Å². The summed E-state index contributed by atoms with van der Waals surface area (Å²) in [6.45, 7) is 0. The Morgan fingerprint density at radius 3 is 1.00 bits per heavy atom. The first-order chi connectivity index (χ1) is 1.73. The van der Waals surface area contributed by atoms with E-state index in [1.54, 1.807) is 0 Å². The Labute approximate surface area is 68.3 Å². The number of halogens is 3. The van der Waals surface area contributed by atoms with Crippen molar-refractivity contribution in [2.45, 2.75) is 7.43 Å². The second-order valence-corrected chi connectivity index (χ2v) is 97.7. The second kappa shape index (κ2) is 7.11. The molecule has 5 heavy (non-hydrogen) atoms. The van der Waals surface area contributed by atoms with Crippen molar-refractivity contribution in [1.82, 2.24) is 0 Å². The number of hydrogen-bond donors (Lipinski definition) is 0. The van der Waals surface area contributed by atoms with Crippen molar-refractivity contribution in [2.75, 3.05) is 0 Å². The second-order valence-electron chi connectivity index (χ2n) is 0.247. The maximum atomic E-state index is 2.54. The van der Waals surface area contributed by atoms with Crippen molar-refractivity contribution < 1.29 is 0 Å². The van der Waals surface area contributed by atoms with Gasteiger partial charge in [-0.25, -0.2) is 0 Å². The Balaban J connectivity index is 0. The predicted molar refractivity (Wildman–Crippen MR) is 55.9 cm³/mol. The fourth-order valence-electron chi connectivity index (χ4n) is 0. The van der Waals surface area contributed by atoms with E-state index in [9.17, 15) is 0 Å². The Hall–Kier alpha value is 3.11. The van der Waals surface area contributed by atoms with Crippen LogP contribution in [0.2, 0.25) is 0 Å². The predicted octanol–water partition coefficient (Wildman–Crippen LogP) is 2.64. The molecule has 0 amide bonds. The zero-order valence-electron chi connectivity index (χ0n) is 1.71. The summed E-state index contributed by atoms with van der Waals surface area (Å²) in [4.78, 5) is 0. The molecule has 0 N–H and O–H groups in total. The van der Waals surface area contributed by atoms with E-state index in [4.69, 9.17) is 0 Å². The molecule has 0 rings (SSSR count). The topological polar surface area (TPSA) is 0 Å². The van der Waals surface area contributed by atoms with Crippen LogP contribution in [-0.4, -0.2) is 9.82 Å². The third-order valence-electron chi connectivity index (χ3n) is 0. The Morgan fingerprint density at radius 1 is 1.00 bits per heavy atom. The van der Waals surface area contributed by atoms with Crippen LogP contribution >= 0.6 is 53.3 Å². The molecule has 0 nitrogen and oxygen atoms in total. The molecule has 0 atom stereocenters. The van der Waals surface area contributed by atoms with Crippen LogP contribution in [0.3, 0.4) is 0 Å². The minimum absolute atomic E-state index is 0. The van der Waals surface area contributed by atoms with Gasteiger partial charge in [-0.1, -0.05) is 7.43 Å². The van der Waals surface area contributed by atoms with E-state index >= 15 is 0 Å². The molecule has 0 saturated carbocycles. The average molecular weight is 605 g/mol. The summed E-state index contributed by atoms with van der Waals surface area (Å²) in [6.07, 6.45) is 0. The van der Waals surface area contributed by atoms with E-state index in [1.807, 2.05) is 0 Å². The van der Waals surface area contributed by atoms with Crippen LogP contribution in [0.15, 0.2) is 0 Å². The van der Waals surface area contributed by atoms with E-state index in [-0.39, 0.29) is 7.43 Å². The number of rotatable bonds is 0. The SMILES string of the molecule is C.[I][PbH]([I])[I]. The molecule has 34 valence electrons. The van der Waals surface area contributed by atoms with Crippen LogP contribution in [0.1, 0.15) is 7.43 Å². The van der Waals surface area contributed by atoms with Crippen LogP contribution in [-0.2, 0) is 0 Å². The summed E-state index contributed by atoms with van der Waals surface area (Å²) >= 11 is 7.62. The van der Waals surface area contributed by atoms with Crippen LogP contribution in [0.5, 0.6) is 0 Å². The van der Waals surface area contributed by atoms with Gasteiger partial charge in [0.25, 0.3) is 0 Å². The Kier molecular flexibility index (Phi) is 15.6. The van der Waals surface area contributed by atoms with Gasteiger partial charge in [0.15, 0.2) is 0 Å². The van der Waals surface area contributed by atoms with E-state index < -0.39 is 9.82 Å². The fraction of sp³-hybridized carbons (Fsp3) is 1.00. The van der Waals surface area contributed by atoms with Crippen molar-refractivity contribution in [2.24, 2.45) is 0 Å². The Morgan fingerprint density at radius 2 is 1.00 bits per heavy atom. The molecule has 0 aromatic rings. The average Bonchev–Trinajstić information content (AvgIpc) is 0.811. The van der Waals surface area contributed by atoms with Gasteiger partial charge < -0.3 is 0 Å². The first kappa shape index (κ1) is 11.0. The van der Waals surface area contributed by atoms with Gasteiger partial charge in [0.05, 0.1) is 0 Å². The Bertz CT molecular complexity index is 11.6. The summed E-state index contributed by atoms with van der Waals surface area (Å²) in [5.41, 5.74) is 0. The van der Waals surface area contributed by atoms with Gasteiger partial charge in [-0.05, 0) is 0 Å². The molecule has 0 aliphatic heterocycles. The molecule has 4 heteroatoms. The normalized spacial score (nSPS) is 7.20. The van der Waals surface area contributed by atoms with Crippen LogP contribution in [0, 0.1) is 0 Å². The molecule has 0 aliphatic carbocycles. The van der Waals surface area contributed by atoms with Gasteiger partial charge in [0.2, 0.25) is 0 Å². The van der Waals surface area contributed by atoms with E-state index in [0.29, 0.717) is 0 Å². The third-order valence-corrected chi connectivity index (χ3v) is 0. The molecule has 0 saturated heterocycles. The van der Waals surface area contributed by atoms with Crippen LogP contribution in [0.25, 0.3) is 0 Å². The van der Waals surface area contributed by atoms with Crippen molar-refractivity contribution in [3.63, 3.8) is 0 Å². The van der Waals surface area contributed by atoms with Gasteiger partial charge in [-0.3, -0.25) is 0 Å². The van der Waals surface area contributed by atoms with Crippen LogP contribution in [0.4, 0.5) is 0 Å². The third kappa shape index (κ3) is 19.2. The van der Waals surface area contributed by atoms with Crippen molar-refractivity contribution in [3.8, 4) is 0 Å². The molecule has 0 fully saturated rings. The quantitative estimate of drug-likeness (QED) is 0.295. The van der Waals surface area contributed by atoms with Gasteiger partial charge in [-0.2, -0.15) is 0 Å². The molecular weight excluding hydrogens is 600 g/mol. The van der Waals surface area contributed by atoms with E-state index in [2.05, 4.69) is 53.3 Å². The first-order valence-electron chi connectivity index (χ1n) is 0.655. The molecule has 0 spiro atoms. The molecule has 0 aliphatic rings. The first-order valence-corrected chi connectivity index (χ1v) is 38.5. The van der Waals surface area contributed by atoms with Crippen molar-refractivity contribution in [1.29, 1.82) is 0 Å².